The fourth-order valence-corrected chi connectivity index (χ4v) is 2.22. The Labute approximate surface area is 113 Å². The Kier molecular flexibility index (Phi) is 4.07. The fraction of sp³-hybridized carbons (Fsp3) is 0.250. The number of methoxy groups -OCH3 is 2. The summed E-state index contributed by atoms with van der Waals surface area (Å²) in [7, 11) is 3.28. The van der Waals surface area contributed by atoms with Gasteiger partial charge >= 0.3 is 0 Å². The summed E-state index contributed by atoms with van der Waals surface area (Å²) in [5.41, 5.74) is 3.80. The van der Waals surface area contributed by atoms with E-state index in [0.717, 1.165) is 33.8 Å². The Bertz CT molecular complexity index is 551. The van der Waals surface area contributed by atoms with Crippen LogP contribution in [0.1, 0.15) is 11.1 Å². The highest BCUT2D eigenvalue weighted by atomic mass is 16.5. The molecule has 0 aromatic heterocycles. The second kappa shape index (κ2) is 5.76. The molecule has 1 N–H and O–H groups in total. The molecule has 2 rings (SSSR count). The second-order valence-electron chi connectivity index (χ2n) is 4.39. The Balaban J connectivity index is 2.65. The van der Waals surface area contributed by atoms with Crippen LogP contribution in [0.2, 0.25) is 0 Å². The van der Waals surface area contributed by atoms with Gasteiger partial charge in [-0.1, -0.05) is 18.2 Å². The lowest BCUT2D eigenvalue weighted by atomic mass is 9.96. The lowest BCUT2D eigenvalue weighted by Gasteiger charge is -2.15. The Morgan fingerprint density at radius 2 is 1.84 bits per heavy atom. The van der Waals surface area contributed by atoms with E-state index in [-0.39, 0.29) is 6.61 Å². The summed E-state index contributed by atoms with van der Waals surface area (Å²) in [4.78, 5) is 0. The zero-order chi connectivity index (χ0) is 13.8. The topological polar surface area (TPSA) is 38.7 Å². The summed E-state index contributed by atoms with van der Waals surface area (Å²) >= 11 is 0. The van der Waals surface area contributed by atoms with E-state index in [1.54, 1.807) is 14.2 Å². The zero-order valence-corrected chi connectivity index (χ0v) is 11.4. The Morgan fingerprint density at radius 1 is 1.05 bits per heavy atom. The third-order valence-electron chi connectivity index (χ3n) is 3.08. The van der Waals surface area contributed by atoms with Crippen molar-refractivity contribution in [2.45, 2.75) is 13.5 Å². The molecular weight excluding hydrogens is 240 g/mol. The number of hydrogen-bond acceptors (Lipinski definition) is 3. The molecular formula is C16H18O3. The number of aliphatic hydroxyl groups excluding tert-OH is 1. The van der Waals surface area contributed by atoms with Crippen LogP contribution in [0.3, 0.4) is 0 Å². The zero-order valence-electron chi connectivity index (χ0n) is 11.4. The predicted octanol–water partition coefficient (Wildman–Crippen LogP) is 3.17. The van der Waals surface area contributed by atoms with E-state index >= 15 is 0 Å². The largest absolute Gasteiger partial charge is 0.497 e. The van der Waals surface area contributed by atoms with Gasteiger partial charge in [0.05, 0.1) is 20.8 Å². The number of hydrogen-bond donors (Lipinski definition) is 1. The highest BCUT2D eigenvalue weighted by molar-refractivity contribution is 5.75. The summed E-state index contributed by atoms with van der Waals surface area (Å²) < 4.78 is 10.7. The molecule has 0 bridgehead atoms. The number of ether oxygens (including phenoxy) is 2. The van der Waals surface area contributed by atoms with E-state index < -0.39 is 0 Å². The molecule has 0 fully saturated rings. The molecule has 0 saturated heterocycles. The first-order valence-electron chi connectivity index (χ1n) is 6.12. The van der Waals surface area contributed by atoms with Crippen LogP contribution in [0, 0.1) is 6.92 Å². The van der Waals surface area contributed by atoms with Crippen molar-refractivity contribution in [3.63, 3.8) is 0 Å². The molecule has 100 valence electrons. The van der Waals surface area contributed by atoms with Gasteiger partial charge in [0.25, 0.3) is 0 Å². The average Bonchev–Trinajstić information content (AvgIpc) is 2.46. The maximum Gasteiger partial charge on any atom is 0.127 e. The predicted molar refractivity (Wildman–Crippen MR) is 75.6 cm³/mol. The third-order valence-corrected chi connectivity index (χ3v) is 3.08. The van der Waals surface area contributed by atoms with Crippen molar-refractivity contribution in [1.82, 2.24) is 0 Å². The normalized spacial score (nSPS) is 10.3. The van der Waals surface area contributed by atoms with Crippen LogP contribution < -0.4 is 9.47 Å². The van der Waals surface area contributed by atoms with Gasteiger partial charge in [-0.2, -0.15) is 0 Å². The maximum absolute atomic E-state index is 9.56. The number of benzene rings is 2. The molecule has 0 atom stereocenters. The van der Waals surface area contributed by atoms with E-state index in [1.807, 2.05) is 43.3 Å². The van der Waals surface area contributed by atoms with Gasteiger partial charge in [-0.05, 0) is 41.8 Å². The molecule has 0 aliphatic carbocycles. The summed E-state index contributed by atoms with van der Waals surface area (Å²) in [5.74, 6) is 1.54. The lowest BCUT2D eigenvalue weighted by molar-refractivity contribution is 0.281. The second-order valence-corrected chi connectivity index (χ2v) is 4.39. The summed E-state index contributed by atoms with van der Waals surface area (Å²) in [6, 6.07) is 11.7. The van der Waals surface area contributed by atoms with Gasteiger partial charge in [0.1, 0.15) is 11.5 Å². The molecule has 0 amide bonds. The van der Waals surface area contributed by atoms with Crippen molar-refractivity contribution in [3.05, 3.63) is 47.5 Å². The van der Waals surface area contributed by atoms with Crippen LogP contribution in [0.15, 0.2) is 36.4 Å². The molecule has 0 spiro atoms. The van der Waals surface area contributed by atoms with Gasteiger partial charge in [0, 0.05) is 5.56 Å². The highest BCUT2D eigenvalue weighted by Crippen LogP contribution is 2.36. The first kappa shape index (κ1) is 13.4. The Morgan fingerprint density at radius 3 is 2.47 bits per heavy atom. The first-order chi connectivity index (χ1) is 9.19. The van der Waals surface area contributed by atoms with Crippen molar-refractivity contribution in [1.29, 1.82) is 0 Å². The third kappa shape index (κ3) is 2.71. The molecule has 0 saturated carbocycles. The van der Waals surface area contributed by atoms with E-state index in [4.69, 9.17) is 9.47 Å². The molecule has 0 aliphatic rings. The molecule has 0 heterocycles. The number of aliphatic hydroxyl groups is 1. The smallest absolute Gasteiger partial charge is 0.127 e. The molecule has 19 heavy (non-hydrogen) atoms. The lowest BCUT2D eigenvalue weighted by Crippen LogP contribution is -1.96. The van der Waals surface area contributed by atoms with Crippen LogP contribution in [0.5, 0.6) is 11.5 Å². The van der Waals surface area contributed by atoms with Crippen LogP contribution >= 0.6 is 0 Å². The van der Waals surface area contributed by atoms with Crippen molar-refractivity contribution in [2.24, 2.45) is 0 Å². The van der Waals surface area contributed by atoms with E-state index in [9.17, 15) is 5.11 Å². The summed E-state index contributed by atoms with van der Waals surface area (Å²) in [6.45, 7) is 1.96. The number of aryl methyl sites for hydroxylation is 1. The average molecular weight is 258 g/mol. The van der Waals surface area contributed by atoms with Crippen molar-refractivity contribution in [2.75, 3.05) is 14.2 Å². The molecule has 3 heteroatoms. The van der Waals surface area contributed by atoms with Crippen LogP contribution in [0.4, 0.5) is 0 Å². The Hall–Kier alpha value is -2.00. The van der Waals surface area contributed by atoms with Gasteiger partial charge in [0.15, 0.2) is 0 Å². The highest BCUT2D eigenvalue weighted by Gasteiger charge is 2.12. The standard InChI is InChI=1S/C16H18O3/c1-11-7-13(10-17)16(15(8-11)19-3)12-5-4-6-14(9-12)18-2/h4-9,17H,10H2,1-3H3. The molecule has 0 radical (unpaired) electrons. The van der Waals surface area contributed by atoms with Crippen molar-refractivity contribution >= 4 is 0 Å². The van der Waals surface area contributed by atoms with Gasteiger partial charge in [-0.15, -0.1) is 0 Å². The number of rotatable bonds is 4. The molecule has 0 aliphatic heterocycles. The molecule has 2 aromatic rings. The molecule has 0 unspecified atom stereocenters. The van der Waals surface area contributed by atoms with Crippen molar-refractivity contribution < 1.29 is 14.6 Å². The summed E-state index contributed by atoms with van der Waals surface area (Å²) in [6.07, 6.45) is 0. The minimum absolute atomic E-state index is 0.0232. The quantitative estimate of drug-likeness (QED) is 0.915. The van der Waals surface area contributed by atoms with Crippen molar-refractivity contribution in [3.8, 4) is 22.6 Å². The minimum Gasteiger partial charge on any atom is -0.497 e. The molecule has 3 nitrogen and oxygen atoms in total. The fourth-order valence-electron chi connectivity index (χ4n) is 2.22. The van der Waals surface area contributed by atoms with Crippen LogP contribution in [-0.2, 0) is 6.61 Å². The SMILES string of the molecule is COc1cccc(-c2c(CO)cc(C)cc2OC)c1. The monoisotopic (exact) mass is 258 g/mol. The maximum atomic E-state index is 9.56. The van der Waals surface area contributed by atoms with Crippen LogP contribution in [0.25, 0.3) is 11.1 Å². The van der Waals surface area contributed by atoms with Gasteiger partial charge in [-0.3, -0.25) is 0 Å². The molecule has 2 aromatic carbocycles. The van der Waals surface area contributed by atoms with Gasteiger partial charge in [0.2, 0.25) is 0 Å². The van der Waals surface area contributed by atoms with Gasteiger partial charge < -0.3 is 14.6 Å². The van der Waals surface area contributed by atoms with E-state index in [2.05, 4.69) is 0 Å². The van der Waals surface area contributed by atoms with E-state index in [1.165, 1.54) is 0 Å². The summed E-state index contributed by atoms with van der Waals surface area (Å²) in [5, 5.41) is 9.56. The minimum atomic E-state index is -0.0232. The first-order valence-corrected chi connectivity index (χ1v) is 6.12. The van der Waals surface area contributed by atoms with E-state index in [0.29, 0.717) is 0 Å². The van der Waals surface area contributed by atoms with Gasteiger partial charge in [-0.25, -0.2) is 0 Å². The van der Waals surface area contributed by atoms with Crippen LogP contribution in [-0.4, -0.2) is 19.3 Å².